The molecule has 0 atom stereocenters. The van der Waals surface area contributed by atoms with Gasteiger partial charge in [-0.1, -0.05) is 0 Å². The van der Waals surface area contributed by atoms with Crippen LogP contribution in [0.5, 0.6) is 0 Å². The zero-order valence-electron chi connectivity index (χ0n) is 15.4. The number of hydrogen-bond donors (Lipinski definition) is 6. The average molecular weight is 768 g/mol. The van der Waals surface area contributed by atoms with Crippen molar-refractivity contribution >= 4 is 137 Å². The summed E-state index contributed by atoms with van der Waals surface area (Å²) in [5, 5.41) is 49.7. The number of carboxylic acids is 6. The molecular weight excluding hydrogens is 743 g/mol. The van der Waals surface area contributed by atoms with E-state index in [1.165, 1.54) is 0 Å². The van der Waals surface area contributed by atoms with Gasteiger partial charge in [-0.3, -0.25) is 38.6 Å². The Morgan fingerprint density at radius 1 is 0.400 bits per heavy atom. The molecule has 0 aromatic heterocycles. The van der Waals surface area contributed by atoms with E-state index in [1.54, 1.807) is 0 Å². The molecule has 0 aromatic rings. The quantitative estimate of drug-likeness (QED) is 0.102. The van der Waals surface area contributed by atoms with Gasteiger partial charge in [0.2, 0.25) is 0 Å². The Morgan fingerprint density at radius 3 is 0.567 bits per heavy atom. The Balaban J connectivity index is -0.0000000847. The second-order valence-corrected chi connectivity index (χ2v) is 4.65. The molecule has 6 N–H and O–H groups in total. The van der Waals surface area contributed by atoms with Gasteiger partial charge >= 0.3 is 137 Å². The molecule has 14 nitrogen and oxygen atoms in total. The Hall–Kier alpha value is 0.136. The van der Waals surface area contributed by atoms with Crippen LogP contribution in [0, 0.1) is 0 Å². The fraction of sp³-hybridized carbons (Fsp3) is 0.500. The molecule has 0 rings (SSSR count). The van der Waals surface area contributed by atoms with Crippen molar-refractivity contribution in [3.63, 3.8) is 0 Å². The van der Waals surface area contributed by atoms with Crippen LogP contribution in [0.3, 0.4) is 0 Å². The first-order valence-electron chi connectivity index (χ1n) is 6.59. The summed E-state index contributed by atoms with van der Waals surface area (Å²) in [5.41, 5.74) is 0. The van der Waals surface area contributed by atoms with E-state index in [0.717, 1.165) is 9.80 Å². The zero-order valence-corrected chi connectivity index (χ0v) is 27.5. The average Bonchev–Trinajstić information content (AvgIpc) is 2.33. The van der Waals surface area contributed by atoms with Crippen LogP contribution in [0.25, 0.3) is 0 Å². The van der Waals surface area contributed by atoms with Crippen LogP contribution in [0.2, 0.25) is 0 Å². The van der Waals surface area contributed by atoms with Crippen LogP contribution in [-0.4, -0.2) is 217 Å². The van der Waals surface area contributed by atoms with E-state index in [9.17, 15) is 28.8 Å². The monoisotopic (exact) mass is 772 g/mol. The van der Waals surface area contributed by atoms with Crippen molar-refractivity contribution in [3.05, 3.63) is 0 Å². The Morgan fingerprint density at radius 2 is 0.500 bits per heavy atom. The number of aliphatic carboxylic acids is 6. The Labute approximate surface area is 243 Å². The second-order valence-electron chi connectivity index (χ2n) is 4.65. The molecule has 6 radical (unpaired) electrons. The third-order valence-electron chi connectivity index (χ3n) is 2.15. The van der Waals surface area contributed by atoms with Crippen LogP contribution < -0.4 is 0 Å². The molecule has 0 aliphatic carbocycles. The molecule has 18 heteroatoms. The number of carboxylic acid groups (broad SMARTS) is 6. The summed E-state index contributed by atoms with van der Waals surface area (Å²) in [6, 6.07) is 0. The SMILES string of the molecule is O=C(O)CN(CC(=O)O)CC(=O)O.O=C(O)CN(CC(=O)O)CC(=O)O.[NaH].[SnH2].[SnH2].[SnH2]. The summed E-state index contributed by atoms with van der Waals surface area (Å²) in [4.78, 5) is 62.5. The fourth-order valence-electron chi connectivity index (χ4n) is 1.48. The van der Waals surface area contributed by atoms with E-state index < -0.39 is 75.1 Å². The molecule has 0 aliphatic heterocycles. The van der Waals surface area contributed by atoms with Crippen LogP contribution in [0.1, 0.15) is 0 Å². The first-order valence-corrected chi connectivity index (χ1v) is 6.59. The van der Waals surface area contributed by atoms with E-state index >= 15 is 0 Å². The van der Waals surface area contributed by atoms with Crippen LogP contribution >= 0.6 is 0 Å². The van der Waals surface area contributed by atoms with Crippen molar-refractivity contribution in [1.82, 2.24) is 9.80 Å². The summed E-state index contributed by atoms with van der Waals surface area (Å²) < 4.78 is 0. The maximum absolute atomic E-state index is 10.1. The first-order chi connectivity index (χ1) is 11.8. The Kier molecular flexibility index (Phi) is 37.2. The summed E-state index contributed by atoms with van der Waals surface area (Å²) in [6.45, 7) is -3.59. The van der Waals surface area contributed by atoms with Crippen molar-refractivity contribution < 1.29 is 59.4 Å². The first kappa shape index (κ1) is 43.9. The van der Waals surface area contributed by atoms with Gasteiger partial charge in [0.05, 0.1) is 39.3 Å². The normalized spacial score (nSPS) is 8.60. The van der Waals surface area contributed by atoms with E-state index in [4.69, 9.17) is 30.6 Å². The number of carbonyl (C=O) groups is 6. The second kappa shape index (κ2) is 25.4. The van der Waals surface area contributed by atoms with Crippen molar-refractivity contribution in [2.24, 2.45) is 0 Å². The predicted octanol–water partition coefficient (Wildman–Crippen LogP) is -6.31. The minimum absolute atomic E-state index is 0. The number of nitrogens with zero attached hydrogens (tertiary/aromatic N) is 2. The fourth-order valence-corrected chi connectivity index (χ4v) is 1.48. The van der Waals surface area contributed by atoms with E-state index in [-0.39, 0.29) is 101 Å². The minimum atomic E-state index is -1.26. The topological polar surface area (TPSA) is 230 Å². The number of rotatable bonds is 12. The summed E-state index contributed by atoms with van der Waals surface area (Å²) in [6.07, 6.45) is 0. The van der Waals surface area contributed by atoms with Gasteiger partial charge in [-0.25, -0.2) is 0 Å². The molecular formula is C12H25N2NaO12Sn3. The molecule has 0 bridgehead atoms. The number of hydrogen-bond acceptors (Lipinski definition) is 8. The zero-order chi connectivity index (χ0) is 20.9. The van der Waals surface area contributed by atoms with Gasteiger partial charge in [0, 0.05) is 0 Å². The van der Waals surface area contributed by atoms with Gasteiger partial charge in [0.1, 0.15) is 0 Å². The van der Waals surface area contributed by atoms with Crippen molar-refractivity contribution in [2.75, 3.05) is 39.3 Å². The standard InChI is InChI=1S/2C6H9NO6.Na.3Sn.7H/c2*8-4(9)1-7(2-5(10)11)3-6(12)13;;;;;;;;;;;/h2*1-3H2,(H,8,9)(H,10,11)(H,12,13);;;;;;;;;;;. The maximum atomic E-state index is 10.1. The molecule has 0 aliphatic rings. The van der Waals surface area contributed by atoms with Gasteiger partial charge in [0.15, 0.2) is 0 Å². The van der Waals surface area contributed by atoms with E-state index in [0.29, 0.717) is 0 Å². The molecule has 0 aromatic carbocycles. The molecule has 0 unspecified atom stereocenters. The van der Waals surface area contributed by atoms with Gasteiger partial charge in [-0.05, 0) is 0 Å². The molecule has 0 spiro atoms. The van der Waals surface area contributed by atoms with Gasteiger partial charge in [0.25, 0.3) is 0 Å². The molecule has 0 heterocycles. The Bertz CT molecular complexity index is 442. The van der Waals surface area contributed by atoms with Crippen molar-refractivity contribution in [2.45, 2.75) is 0 Å². The summed E-state index contributed by atoms with van der Waals surface area (Å²) in [5.74, 6) is -7.57. The molecule has 0 amide bonds. The molecule has 0 saturated heterocycles. The van der Waals surface area contributed by atoms with E-state index in [2.05, 4.69) is 0 Å². The van der Waals surface area contributed by atoms with Crippen molar-refractivity contribution in [1.29, 1.82) is 0 Å². The third kappa shape index (κ3) is 35.6. The molecule has 168 valence electrons. The van der Waals surface area contributed by atoms with E-state index in [1.807, 2.05) is 0 Å². The summed E-state index contributed by atoms with van der Waals surface area (Å²) >= 11 is 0. The van der Waals surface area contributed by atoms with Crippen LogP contribution in [0.15, 0.2) is 0 Å². The van der Waals surface area contributed by atoms with Crippen LogP contribution in [-0.2, 0) is 28.8 Å². The van der Waals surface area contributed by atoms with Crippen molar-refractivity contribution in [3.8, 4) is 0 Å². The van der Waals surface area contributed by atoms with Crippen LogP contribution in [0.4, 0.5) is 0 Å². The molecule has 0 fully saturated rings. The molecule has 0 saturated carbocycles. The van der Waals surface area contributed by atoms with Gasteiger partial charge in [-0.2, -0.15) is 0 Å². The van der Waals surface area contributed by atoms with Gasteiger partial charge < -0.3 is 30.6 Å². The summed E-state index contributed by atoms with van der Waals surface area (Å²) in [7, 11) is 0. The van der Waals surface area contributed by atoms with Gasteiger partial charge in [-0.15, -0.1) is 0 Å². The molecule has 30 heavy (non-hydrogen) atoms. The predicted molar refractivity (Wildman–Crippen MR) is 111 cm³/mol. The third-order valence-corrected chi connectivity index (χ3v) is 2.15.